The highest BCUT2D eigenvalue weighted by Gasteiger charge is 2.37. The standard InChI is InChI=1S/C13H15FN2O3/c1-7-2-5-10(9(14)6-7)15-13(19)16-11(12(17)18)8-3-4-8/h2,5-6,8,11H,3-4H2,1H3,(H,17,18)(H2,15,16,19). The molecule has 1 unspecified atom stereocenters. The third kappa shape index (κ3) is 3.43. The lowest BCUT2D eigenvalue weighted by molar-refractivity contribution is -0.139. The van der Waals surface area contributed by atoms with Crippen molar-refractivity contribution in [1.82, 2.24) is 5.32 Å². The van der Waals surface area contributed by atoms with Gasteiger partial charge in [0.2, 0.25) is 0 Å². The van der Waals surface area contributed by atoms with E-state index in [9.17, 15) is 14.0 Å². The number of nitrogens with one attached hydrogen (secondary N) is 2. The Morgan fingerprint density at radius 1 is 1.42 bits per heavy atom. The van der Waals surface area contributed by atoms with Crippen molar-refractivity contribution >= 4 is 17.7 Å². The molecule has 19 heavy (non-hydrogen) atoms. The predicted molar refractivity (Wildman–Crippen MR) is 67.4 cm³/mol. The Morgan fingerprint density at radius 3 is 2.63 bits per heavy atom. The molecular formula is C13H15FN2O3. The fraction of sp³-hybridized carbons (Fsp3) is 0.385. The summed E-state index contributed by atoms with van der Waals surface area (Å²) in [7, 11) is 0. The Labute approximate surface area is 109 Å². The van der Waals surface area contributed by atoms with Crippen molar-refractivity contribution in [1.29, 1.82) is 0 Å². The van der Waals surface area contributed by atoms with Crippen molar-refractivity contribution in [2.45, 2.75) is 25.8 Å². The van der Waals surface area contributed by atoms with Crippen molar-refractivity contribution < 1.29 is 19.1 Å². The van der Waals surface area contributed by atoms with Gasteiger partial charge in [0.1, 0.15) is 11.9 Å². The molecule has 1 aromatic rings. The summed E-state index contributed by atoms with van der Waals surface area (Å²) in [6.07, 6.45) is 1.58. The van der Waals surface area contributed by atoms with Gasteiger partial charge in [-0.1, -0.05) is 6.07 Å². The lowest BCUT2D eigenvalue weighted by Crippen LogP contribution is -2.44. The highest BCUT2D eigenvalue weighted by atomic mass is 19.1. The van der Waals surface area contributed by atoms with Gasteiger partial charge >= 0.3 is 12.0 Å². The number of hydrogen-bond donors (Lipinski definition) is 3. The van der Waals surface area contributed by atoms with Crippen molar-refractivity contribution in [2.24, 2.45) is 5.92 Å². The van der Waals surface area contributed by atoms with Crippen LogP contribution in [-0.2, 0) is 4.79 Å². The van der Waals surface area contributed by atoms with Gasteiger partial charge in [-0.15, -0.1) is 0 Å². The number of carbonyl (C=O) groups is 2. The quantitative estimate of drug-likeness (QED) is 0.781. The van der Waals surface area contributed by atoms with Gasteiger partial charge in [0.05, 0.1) is 5.69 Å². The summed E-state index contributed by atoms with van der Waals surface area (Å²) in [5.74, 6) is -1.64. The molecule has 2 amide bonds. The number of anilines is 1. The molecule has 1 aliphatic carbocycles. The van der Waals surface area contributed by atoms with E-state index >= 15 is 0 Å². The van der Waals surface area contributed by atoms with E-state index in [1.807, 2.05) is 0 Å². The van der Waals surface area contributed by atoms with Gasteiger partial charge < -0.3 is 15.7 Å². The zero-order valence-electron chi connectivity index (χ0n) is 10.4. The van der Waals surface area contributed by atoms with E-state index in [0.29, 0.717) is 0 Å². The van der Waals surface area contributed by atoms with Crippen LogP contribution in [0.4, 0.5) is 14.9 Å². The molecule has 0 bridgehead atoms. The van der Waals surface area contributed by atoms with E-state index in [1.54, 1.807) is 13.0 Å². The Hall–Kier alpha value is -2.11. The molecule has 0 spiro atoms. The van der Waals surface area contributed by atoms with Crippen LogP contribution < -0.4 is 10.6 Å². The zero-order chi connectivity index (χ0) is 14.0. The molecule has 1 aromatic carbocycles. The van der Waals surface area contributed by atoms with Crippen LogP contribution in [0.3, 0.4) is 0 Å². The molecule has 0 heterocycles. The first-order valence-corrected chi connectivity index (χ1v) is 6.04. The highest BCUT2D eigenvalue weighted by Crippen LogP contribution is 2.32. The van der Waals surface area contributed by atoms with Gasteiger partial charge in [0.25, 0.3) is 0 Å². The summed E-state index contributed by atoms with van der Waals surface area (Å²) in [6.45, 7) is 1.74. The molecule has 2 rings (SSSR count). The van der Waals surface area contributed by atoms with Crippen LogP contribution in [0, 0.1) is 18.7 Å². The number of rotatable bonds is 4. The van der Waals surface area contributed by atoms with Crippen LogP contribution in [0.2, 0.25) is 0 Å². The zero-order valence-corrected chi connectivity index (χ0v) is 10.4. The number of aryl methyl sites for hydroxylation is 1. The third-order valence-electron chi connectivity index (χ3n) is 3.02. The van der Waals surface area contributed by atoms with Crippen LogP contribution in [0.5, 0.6) is 0 Å². The molecule has 0 saturated heterocycles. The largest absolute Gasteiger partial charge is 0.480 e. The lowest BCUT2D eigenvalue weighted by atomic mass is 10.2. The number of halogens is 1. The maximum atomic E-state index is 13.5. The predicted octanol–water partition coefficient (Wildman–Crippen LogP) is 2.12. The third-order valence-corrected chi connectivity index (χ3v) is 3.02. The first-order valence-electron chi connectivity index (χ1n) is 6.04. The Kier molecular flexibility index (Phi) is 3.69. The summed E-state index contributed by atoms with van der Waals surface area (Å²) in [5.41, 5.74) is 0.771. The summed E-state index contributed by atoms with van der Waals surface area (Å²) < 4.78 is 13.5. The van der Waals surface area contributed by atoms with Crippen LogP contribution in [0.1, 0.15) is 18.4 Å². The molecule has 0 aliphatic heterocycles. The van der Waals surface area contributed by atoms with Gasteiger partial charge in [-0.2, -0.15) is 0 Å². The first-order chi connectivity index (χ1) is 8.97. The number of amides is 2. The van der Waals surface area contributed by atoms with Crippen LogP contribution in [-0.4, -0.2) is 23.1 Å². The second-order valence-corrected chi connectivity index (χ2v) is 4.74. The minimum Gasteiger partial charge on any atom is -0.480 e. The molecule has 0 aromatic heterocycles. The molecule has 6 heteroatoms. The average Bonchev–Trinajstić information content (AvgIpc) is 3.13. The minimum absolute atomic E-state index is 0.0221. The molecular weight excluding hydrogens is 251 g/mol. The van der Waals surface area contributed by atoms with Gasteiger partial charge in [-0.05, 0) is 43.4 Å². The van der Waals surface area contributed by atoms with Crippen LogP contribution in [0.15, 0.2) is 18.2 Å². The molecule has 3 N–H and O–H groups in total. The number of urea groups is 1. The fourth-order valence-electron chi connectivity index (χ4n) is 1.83. The SMILES string of the molecule is Cc1ccc(NC(=O)NC(C(=O)O)C2CC2)c(F)c1. The number of hydrogen-bond acceptors (Lipinski definition) is 2. The Balaban J connectivity index is 1.98. The van der Waals surface area contributed by atoms with Crippen molar-refractivity contribution in [3.8, 4) is 0 Å². The highest BCUT2D eigenvalue weighted by molar-refractivity contribution is 5.92. The van der Waals surface area contributed by atoms with Crippen LogP contribution >= 0.6 is 0 Å². The van der Waals surface area contributed by atoms with Crippen molar-refractivity contribution in [2.75, 3.05) is 5.32 Å². The number of benzene rings is 1. The van der Waals surface area contributed by atoms with Crippen molar-refractivity contribution in [3.05, 3.63) is 29.6 Å². The van der Waals surface area contributed by atoms with Gasteiger partial charge in [0.15, 0.2) is 0 Å². The molecule has 102 valence electrons. The van der Waals surface area contributed by atoms with Crippen LogP contribution in [0.25, 0.3) is 0 Å². The minimum atomic E-state index is -1.07. The van der Waals surface area contributed by atoms with E-state index in [2.05, 4.69) is 10.6 Å². The lowest BCUT2D eigenvalue weighted by Gasteiger charge is -2.14. The summed E-state index contributed by atoms with van der Waals surface area (Å²) >= 11 is 0. The van der Waals surface area contributed by atoms with E-state index in [-0.39, 0.29) is 11.6 Å². The second-order valence-electron chi connectivity index (χ2n) is 4.74. The molecule has 1 saturated carbocycles. The van der Waals surface area contributed by atoms with Crippen molar-refractivity contribution in [3.63, 3.8) is 0 Å². The smallest absolute Gasteiger partial charge is 0.326 e. The topological polar surface area (TPSA) is 78.4 Å². The van der Waals surface area contributed by atoms with E-state index in [0.717, 1.165) is 18.4 Å². The number of carboxylic acid groups (broad SMARTS) is 1. The Bertz CT molecular complexity index is 515. The fourth-order valence-corrected chi connectivity index (χ4v) is 1.83. The second kappa shape index (κ2) is 5.26. The Morgan fingerprint density at radius 2 is 2.11 bits per heavy atom. The van der Waals surface area contributed by atoms with E-state index in [4.69, 9.17) is 5.11 Å². The maximum absolute atomic E-state index is 13.5. The maximum Gasteiger partial charge on any atom is 0.326 e. The van der Waals surface area contributed by atoms with Gasteiger partial charge in [0, 0.05) is 0 Å². The molecule has 1 fully saturated rings. The van der Waals surface area contributed by atoms with E-state index < -0.39 is 23.9 Å². The molecule has 0 radical (unpaired) electrons. The monoisotopic (exact) mass is 266 g/mol. The van der Waals surface area contributed by atoms with E-state index in [1.165, 1.54) is 12.1 Å². The molecule has 5 nitrogen and oxygen atoms in total. The normalized spacial score (nSPS) is 15.7. The molecule has 1 atom stereocenters. The number of carbonyl (C=O) groups excluding carboxylic acids is 1. The molecule has 1 aliphatic rings. The van der Waals surface area contributed by atoms with Gasteiger partial charge in [-0.25, -0.2) is 14.0 Å². The summed E-state index contributed by atoms with van der Waals surface area (Å²) in [4.78, 5) is 22.6. The number of aliphatic carboxylic acids is 1. The summed E-state index contributed by atoms with van der Waals surface area (Å²) in [6, 6.07) is 2.78. The average molecular weight is 266 g/mol. The van der Waals surface area contributed by atoms with Gasteiger partial charge in [-0.3, -0.25) is 0 Å². The number of carboxylic acids is 1. The first kappa shape index (κ1) is 13.3. The summed E-state index contributed by atoms with van der Waals surface area (Å²) in [5, 5.41) is 13.6.